The van der Waals surface area contributed by atoms with Gasteiger partial charge in [-0.05, 0) is 44.0 Å². The minimum absolute atomic E-state index is 0.142. The standard InChI is InChI=1S/C15H16N4O2/c1-4-19-15(21)18-6-5-17(14(20)13(18)16-19)12-8-10(2)7-11(3)9-12/h5-9H,4H2,1-3H3. The van der Waals surface area contributed by atoms with E-state index in [9.17, 15) is 9.59 Å². The summed E-state index contributed by atoms with van der Waals surface area (Å²) >= 11 is 0. The zero-order chi connectivity index (χ0) is 15.1. The number of aryl methyl sites for hydroxylation is 3. The third kappa shape index (κ3) is 2.08. The summed E-state index contributed by atoms with van der Waals surface area (Å²) in [6.45, 7) is 6.21. The predicted octanol–water partition coefficient (Wildman–Crippen LogP) is 1.28. The molecular formula is C15H16N4O2. The van der Waals surface area contributed by atoms with Crippen LogP contribution in [0.25, 0.3) is 11.3 Å². The van der Waals surface area contributed by atoms with Gasteiger partial charge in [0.1, 0.15) is 0 Å². The molecule has 108 valence electrons. The lowest BCUT2D eigenvalue weighted by atomic mass is 10.1. The average molecular weight is 284 g/mol. The summed E-state index contributed by atoms with van der Waals surface area (Å²) in [4.78, 5) is 24.5. The predicted molar refractivity (Wildman–Crippen MR) is 80.2 cm³/mol. The summed E-state index contributed by atoms with van der Waals surface area (Å²) in [6.07, 6.45) is 3.18. The van der Waals surface area contributed by atoms with Crippen molar-refractivity contribution in [2.75, 3.05) is 0 Å². The Morgan fingerprint density at radius 2 is 1.71 bits per heavy atom. The molecule has 0 N–H and O–H groups in total. The molecule has 0 atom stereocenters. The molecule has 21 heavy (non-hydrogen) atoms. The number of rotatable bonds is 2. The lowest BCUT2D eigenvalue weighted by molar-refractivity contribution is 0.633. The van der Waals surface area contributed by atoms with E-state index in [2.05, 4.69) is 5.10 Å². The van der Waals surface area contributed by atoms with Crippen molar-refractivity contribution in [3.05, 3.63) is 62.6 Å². The SMILES string of the molecule is CCn1nc2c(=O)n(-c3cc(C)cc(C)c3)ccn2c1=O. The van der Waals surface area contributed by atoms with Crippen LogP contribution in [0.4, 0.5) is 0 Å². The lowest BCUT2D eigenvalue weighted by Gasteiger charge is -2.07. The molecule has 0 aliphatic rings. The van der Waals surface area contributed by atoms with Crippen LogP contribution in [0, 0.1) is 13.8 Å². The normalized spacial score (nSPS) is 11.2. The Bertz CT molecular complexity index is 926. The van der Waals surface area contributed by atoms with Gasteiger partial charge in [-0.2, -0.15) is 0 Å². The minimum Gasteiger partial charge on any atom is -0.280 e. The molecule has 1 aromatic carbocycles. The fourth-order valence-corrected chi connectivity index (χ4v) is 2.51. The van der Waals surface area contributed by atoms with Crippen molar-refractivity contribution in [3.8, 4) is 5.69 Å². The van der Waals surface area contributed by atoms with Crippen LogP contribution in [0.5, 0.6) is 0 Å². The number of aromatic nitrogens is 4. The smallest absolute Gasteiger partial charge is 0.280 e. The molecule has 0 amide bonds. The van der Waals surface area contributed by atoms with Crippen molar-refractivity contribution < 1.29 is 0 Å². The van der Waals surface area contributed by atoms with Gasteiger partial charge in [-0.15, -0.1) is 5.10 Å². The van der Waals surface area contributed by atoms with Gasteiger partial charge in [0.2, 0.25) is 5.65 Å². The summed E-state index contributed by atoms with van der Waals surface area (Å²) in [6, 6.07) is 5.91. The lowest BCUT2D eigenvalue weighted by Crippen LogP contribution is -2.23. The Morgan fingerprint density at radius 3 is 2.33 bits per heavy atom. The van der Waals surface area contributed by atoms with E-state index in [-0.39, 0.29) is 16.9 Å². The molecule has 2 heterocycles. The molecule has 2 aromatic heterocycles. The fraction of sp³-hybridized carbons (Fsp3) is 0.267. The van der Waals surface area contributed by atoms with Crippen molar-refractivity contribution in [1.82, 2.24) is 18.7 Å². The monoisotopic (exact) mass is 284 g/mol. The van der Waals surface area contributed by atoms with Crippen molar-refractivity contribution in [2.24, 2.45) is 0 Å². The second kappa shape index (κ2) is 4.73. The maximum Gasteiger partial charge on any atom is 0.350 e. The van der Waals surface area contributed by atoms with Crippen LogP contribution in [0.3, 0.4) is 0 Å². The molecule has 0 saturated heterocycles. The van der Waals surface area contributed by atoms with Crippen molar-refractivity contribution in [1.29, 1.82) is 0 Å². The molecular weight excluding hydrogens is 268 g/mol. The molecule has 0 radical (unpaired) electrons. The number of hydrogen-bond acceptors (Lipinski definition) is 3. The molecule has 0 saturated carbocycles. The highest BCUT2D eigenvalue weighted by atomic mass is 16.2. The molecule has 3 rings (SSSR count). The zero-order valence-electron chi connectivity index (χ0n) is 12.2. The molecule has 3 aromatic rings. The van der Waals surface area contributed by atoms with Crippen LogP contribution in [0.1, 0.15) is 18.1 Å². The number of fused-ring (bicyclic) bond motifs is 1. The largest absolute Gasteiger partial charge is 0.350 e. The third-order valence-electron chi connectivity index (χ3n) is 3.43. The summed E-state index contributed by atoms with van der Waals surface area (Å²) in [5, 5.41) is 4.10. The Morgan fingerprint density at radius 1 is 1.05 bits per heavy atom. The van der Waals surface area contributed by atoms with Crippen molar-refractivity contribution >= 4 is 5.65 Å². The molecule has 0 bridgehead atoms. The van der Waals surface area contributed by atoms with E-state index >= 15 is 0 Å². The van der Waals surface area contributed by atoms with Crippen LogP contribution in [0.15, 0.2) is 40.2 Å². The minimum atomic E-state index is -0.299. The molecule has 6 heteroatoms. The zero-order valence-corrected chi connectivity index (χ0v) is 12.2. The van der Waals surface area contributed by atoms with Gasteiger partial charge in [-0.25, -0.2) is 13.9 Å². The fourth-order valence-electron chi connectivity index (χ4n) is 2.51. The maximum absolute atomic E-state index is 12.6. The first-order chi connectivity index (χ1) is 10.0. The number of nitrogens with zero attached hydrogens (tertiary/aromatic N) is 4. The molecule has 6 nitrogen and oxygen atoms in total. The molecule has 0 unspecified atom stereocenters. The first kappa shape index (κ1) is 13.4. The van der Waals surface area contributed by atoms with Crippen LogP contribution < -0.4 is 11.2 Å². The van der Waals surface area contributed by atoms with Gasteiger partial charge in [0, 0.05) is 24.6 Å². The summed E-state index contributed by atoms with van der Waals surface area (Å²) in [5.74, 6) is 0. The second-order valence-corrected chi connectivity index (χ2v) is 5.11. The molecule has 0 spiro atoms. The van der Waals surface area contributed by atoms with E-state index < -0.39 is 0 Å². The van der Waals surface area contributed by atoms with Gasteiger partial charge in [-0.3, -0.25) is 9.36 Å². The Balaban J connectivity index is 2.32. The molecule has 0 aliphatic heterocycles. The average Bonchev–Trinajstić information content (AvgIpc) is 2.76. The van der Waals surface area contributed by atoms with Crippen molar-refractivity contribution in [3.63, 3.8) is 0 Å². The van der Waals surface area contributed by atoms with E-state index in [1.807, 2.05) is 39.0 Å². The van der Waals surface area contributed by atoms with Crippen LogP contribution in [-0.2, 0) is 6.54 Å². The topological polar surface area (TPSA) is 61.3 Å². The summed E-state index contributed by atoms with van der Waals surface area (Å²) in [5.41, 5.74) is 2.48. The van der Waals surface area contributed by atoms with E-state index in [0.717, 1.165) is 16.8 Å². The van der Waals surface area contributed by atoms with Crippen molar-refractivity contribution in [2.45, 2.75) is 27.3 Å². The van der Waals surface area contributed by atoms with E-state index in [1.165, 1.54) is 13.6 Å². The van der Waals surface area contributed by atoms with Gasteiger partial charge in [0.05, 0.1) is 0 Å². The number of benzene rings is 1. The van der Waals surface area contributed by atoms with Gasteiger partial charge in [0.25, 0.3) is 0 Å². The van der Waals surface area contributed by atoms with Gasteiger partial charge >= 0.3 is 11.2 Å². The second-order valence-electron chi connectivity index (χ2n) is 5.11. The highest BCUT2D eigenvalue weighted by Crippen LogP contribution is 2.12. The van der Waals surface area contributed by atoms with E-state index in [4.69, 9.17) is 0 Å². The van der Waals surface area contributed by atoms with Crippen LogP contribution in [-0.4, -0.2) is 18.7 Å². The van der Waals surface area contributed by atoms with Gasteiger partial charge in [0.15, 0.2) is 0 Å². The molecule has 0 fully saturated rings. The Kier molecular flexibility index (Phi) is 3.01. The highest BCUT2D eigenvalue weighted by Gasteiger charge is 2.11. The maximum atomic E-state index is 12.6. The summed E-state index contributed by atoms with van der Waals surface area (Å²) < 4.78 is 4.08. The first-order valence-corrected chi connectivity index (χ1v) is 6.81. The number of hydrogen-bond donors (Lipinski definition) is 0. The Labute approximate surface area is 120 Å². The highest BCUT2D eigenvalue weighted by molar-refractivity contribution is 5.43. The van der Waals surface area contributed by atoms with Gasteiger partial charge in [-0.1, -0.05) is 6.07 Å². The quantitative estimate of drug-likeness (QED) is 0.712. The third-order valence-corrected chi connectivity index (χ3v) is 3.43. The van der Waals surface area contributed by atoms with Gasteiger partial charge < -0.3 is 0 Å². The van der Waals surface area contributed by atoms with E-state index in [1.54, 1.807) is 12.4 Å². The molecule has 0 aliphatic carbocycles. The Hall–Kier alpha value is -2.63. The van der Waals surface area contributed by atoms with E-state index in [0.29, 0.717) is 6.54 Å². The summed E-state index contributed by atoms with van der Waals surface area (Å²) in [7, 11) is 0. The first-order valence-electron chi connectivity index (χ1n) is 6.81. The van der Waals surface area contributed by atoms with Crippen LogP contribution >= 0.6 is 0 Å². The van der Waals surface area contributed by atoms with Crippen LogP contribution in [0.2, 0.25) is 0 Å².